The summed E-state index contributed by atoms with van der Waals surface area (Å²) >= 11 is 0. The Morgan fingerprint density at radius 1 is 0.311 bits per heavy atom. The Labute approximate surface area is 562 Å². The summed E-state index contributed by atoms with van der Waals surface area (Å²) in [5.41, 5.74) is 0. The van der Waals surface area contributed by atoms with E-state index in [1.54, 1.807) is 6.08 Å². The fraction of sp³-hybridized carbons (Fsp3) is 0.857. The lowest BCUT2D eigenvalue weighted by Gasteiger charge is -2.20. The molecule has 0 rings (SSSR count). The van der Waals surface area contributed by atoms with Crippen LogP contribution in [-0.4, -0.2) is 47.4 Å². The molecule has 0 aromatic rings. The van der Waals surface area contributed by atoms with Gasteiger partial charge in [0.15, 0.2) is 0 Å². The first kappa shape index (κ1) is 87.6. The van der Waals surface area contributed by atoms with Gasteiger partial charge in [-0.05, 0) is 96.3 Å². The zero-order valence-corrected chi connectivity index (χ0v) is 60.6. The number of aliphatic hydroxyl groups excluding tert-OH is 2. The van der Waals surface area contributed by atoms with E-state index in [2.05, 4.69) is 67.8 Å². The summed E-state index contributed by atoms with van der Waals surface area (Å²) in [6.45, 7) is 4.91. The number of ether oxygens (including phenoxy) is 1. The first-order chi connectivity index (χ1) is 44.5. The predicted octanol–water partition coefficient (Wildman–Crippen LogP) is 26.9. The summed E-state index contributed by atoms with van der Waals surface area (Å²) in [6, 6.07) is -0.627. The summed E-state index contributed by atoms with van der Waals surface area (Å²) in [5, 5.41) is 23.2. The fourth-order valence-corrected chi connectivity index (χ4v) is 12.6. The molecule has 0 aliphatic carbocycles. The second-order valence-corrected chi connectivity index (χ2v) is 27.7. The highest BCUT2D eigenvalue weighted by Gasteiger charge is 2.18. The molecule has 0 aromatic heterocycles. The largest absolute Gasteiger partial charge is 0.466 e. The molecule has 0 heterocycles. The standard InChI is InChI=1S/C84H157NO5/c1-3-5-7-9-11-13-15-17-19-44-48-52-56-60-64-68-72-76-82(87)81(80-86)85-83(88)77-73-69-65-61-57-53-49-46-42-40-38-36-34-32-30-28-26-24-22-21-23-25-27-29-31-33-35-37-39-41-43-47-51-55-59-63-67-71-75-79-90-84(89)78-74-70-66-62-58-54-50-45-20-18-16-14-12-10-8-6-4-2/h12,14,18,20-22,25,27,72,76,81-82,86-87H,3-11,13,15-17,19,23-24,26,28-71,73-75,77-80H2,1-2H3,(H,85,88)/b14-12-,20-18-,22-21-,27-25-,76-72+. The van der Waals surface area contributed by atoms with Crippen molar-refractivity contribution in [1.29, 1.82) is 0 Å². The van der Waals surface area contributed by atoms with Gasteiger partial charge in [-0.25, -0.2) is 0 Å². The van der Waals surface area contributed by atoms with Crippen LogP contribution in [0.4, 0.5) is 0 Å². The van der Waals surface area contributed by atoms with Gasteiger partial charge < -0.3 is 20.3 Å². The molecule has 0 saturated heterocycles. The molecule has 6 nitrogen and oxygen atoms in total. The summed E-state index contributed by atoms with van der Waals surface area (Å²) in [5.74, 6) is -0.0494. The summed E-state index contributed by atoms with van der Waals surface area (Å²) in [6.07, 6.45) is 106. The molecule has 0 aromatic carbocycles. The van der Waals surface area contributed by atoms with E-state index in [4.69, 9.17) is 4.74 Å². The summed E-state index contributed by atoms with van der Waals surface area (Å²) in [4.78, 5) is 24.6. The minimum Gasteiger partial charge on any atom is -0.466 e. The van der Waals surface area contributed by atoms with Gasteiger partial charge in [0.1, 0.15) is 0 Å². The molecule has 90 heavy (non-hydrogen) atoms. The van der Waals surface area contributed by atoms with Gasteiger partial charge in [0.2, 0.25) is 5.91 Å². The van der Waals surface area contributed by atoms with Crippen LogP contribution in [0.3, 0.4) is 0 Å². The third-order valence-electron chi connectivity index (χ3n) is 18.8. The van der Waals surface area contributed by atoms with Gasteiger partial charge in [-0.1, -0.05) is 389 Å². The number of unbranched alkanes of at least 4 members (excludes halogenated alkanes) is 57. The first-order valence-corrected chi connectivity index (χ1v) is 40.6. The second-order valence-electron chi connectivity index (χ2n) is 27.7. The Balaban J connectivity index is 3.37. The van der Waals surface area contributed by atoms with Gasteiger partial charge in [-0.3, -0.25) is 9.59 Å². The van der Waals surface area contributed by atoms with Crippen molar-refractivity contribution in [3.63, 3.8) is 0 Å². The quantitative estimate of drug-likeness (QED) is 0.0320. The summed E-state index contributed by atoms with van der Waals surface area (Å²) in [7, 11) is 0. The second kappa shape index (κ2) is 79.0. The molecule has 2 atom stereocenters. The molecule has 2 unspecified atom stereocenters. The van der Waals surface area contributed by atoms with E-state index < -0.39 is 12.1 Å². The van der Waals surface area contributed by atoms with Crippen molar-refractivity contribution in [2.24, 2.45) is 0 Å². The van der Waals surface area contributed by atoms with Gasteiger partial charge in [0.25, 0.3) is 0 Å². The van der Waals surface area contributed by atoms with Crippen molar-refractivity contribution in [3.05, 3.63) is 60.8 Å². The lowest BCUT2D eigenvalue weighted by Crippen LogP contribution is -2.45. The Kier molecular flexibility index (Phi) is 76.9. The molecule has 1 amide bonds. The molecule has 0 saturated carbocycles. The number of nitrogens with one attached hydrogen (secondary N) is 1. The molecule has 3 N–H and O–H groups in total. The highest BCUT2D eigenvalue weighted by atomic mass is 16.5. The van der Waals surface area contributed by atoms with Crippen LogP contribution < -0.4 is 5.32 Å². The Morgan fingerprint density at radius 3 is 0.867 bits per heavy atom. The zero-order valence-electron chi connectivity index (χ0n) is 60.6. The van der Waals surface area contributed by atoms with Crippen molar-refractivity contribution in [2.75, 3.05) is 13.2 Å². The first-order valence-electron chi connectivity index (χ1n) is 40.6. The summed E-state index contributed by atoms with van der Waals surface area (Å²) < 4.78 is 5.51. The number of amides is 1. The lowest BCUT2D eigenvalue weighted by atomic mass is 10.0. The van der Waals surface area contributed by atoms with Gasteiger partial charge in [0.05, 0.1) is 25.4 Å². The van der Waals surface area contributed by atoms with E-state index >= 15 is 0 Å². The smallest absolute Gasteiger partial charge is 0.305 e. The van der Waals surface area contributed by atoms with E-state index in [0.717, 1.165) is 57.8 Å². The Morgan fingerprint density at radius 2 is 0.556 bits per heavy atom. The molecular weight excluding hydrogens is 1100 g/mol. The van der Waals surface area contributed by atoms with E-state index in [0.29, 0.717) is 19.4 Å². The van der Waals surface area contributed by atoms with Gasteiger partial charge in [0, 0.05) is 12.8 Å². The average molecular weight is 1260 g/mol. The lowest BCUT2D eigenvalue weighted by molar-refractivity contribution is -0.143. The van der Waals surface area contributed by atoms with Crippen molar-refractivity contribution in [3.8, 4) is 0 Å². The molecule has 0 radical (unpaired) electrons. The maximum absolute atomic E-state index is 12.5. The number of esters is 1. The van der Waals surface area contributed by atoms with E-state index in [1.807, 2.05) is 6.08 Å². The van der Waals surface area contributed by atoms with Crippen LogP contribution in [0.2, 0.25) is 0 Å². The topological polar surface area (TPSA) is 95.9 Å². The van der Waals surface area contributed by atoms with Crippen LogP contribution in [0, 0.1) is 0 Å². The van der Waals surface area contributed by atoms with E-state index in [-0.39, 0.29) is 18.5 Å². The van der Waals surface area contributed by atoms with E-state index in [1.165, 1.54) is 353 Å². The Bertz CT molecular complexity index is 1550. The number of hydrogen-bond acceptors (Lipinski definition) is 5. The highest BCUT2D eigenvalue weighted by Crippen LogP contribution is 2.19. The number of carbonyl (C=O) groups is 2. The average Bonchev–Trinajstić information content (AvgIpc) is 3.69. The molecule has 0 spiro atoms. The number of allylic oxidation sites excluding steroid dienone is 9. The van der Waals surface area contributed by atoms with Crippen LogP contribution >= 0.6 is 0 Å². The molecular formula is C84H157NO5. The van der Waals surface area contributed by atoms with Gasteiger partial charge in [-0.15, -0.1) is 0 Å². The van der Waals surface area contributed by atoms with Crippen molar-refractivity contribution < 1.29 is 24.5 Å². The third-order valence-corrected chi connectivity index (χ3v) is 18.8. The number of carbonyl (C=O) groups excluding carboxylic acids is 2. The van der Waals surface area contributed by atoms with Crippen LogP contribution in [-0.2, 0) is 14.3 Å². The van der Waals surface area contributed by atoms with Crippen LogP contribution in [0.5, 0.6) is 0 Å². The monoisotopic (exact) mass is 1260 g/mol. The molecule has 6 heteroatoms. The number of hydrogen-bond donors (Lipinski definition) is 3. The maximum atomic E-state index is 12.5. The molecule has 528 valence electrons. The molecule has 0 aliphatic rings. The number of aliphatic hydroxyl groups is 2. The van der Waals surface area contributed by atoms with Crippen LogP contribution in [0.1, 0.15) is 438 Å². The van der Waals surface area contributed by atoms with E-state index in [9.17, 15) is 19.8 Å². The van der Waals surface area contributed by atoms with Crippen LogP contribution in [0.15, 0.2) is 60.8 Å². The van der Waals surface area contributed by atoms with Crippen LogP contribution in [0.25, 0.3) is 0 Å². The molecule has 0 aliphatic heterocycles. The zero-order chi connectivity index (χ0) is 64.9. The number of rotatable bonds is 76. The fourth-order valence-electron chi connectivity index (χ4n) is 12.6. The van der Waals surface area contributed by atoms with Gasteiger partial charge >= 0.3 is 5.97 Å². The minimum absolute atomic E-state index is 0.0126. The SMILES string of the molecule is CCCCC/C=C\C/C=C\CCCCCCCCCC(=O)OCCCCCCCCCCCCCCCCC/C=C\C/C=C\CCCCCCCCCCCCCCCCCCCC(=O)NC(CO)C(O)/C=C/CCCCCCCCCCCCCCCCC. The highest BCUT2D eigenvalue weighted by molar-refractivity contribution is 5.76. The Hall–Kier alpha value is -2.44. The normalized spacial score (nSPS) is 12.8. The molecule has 0 bridgehead atoms. The maximum Gasteiger partial charge on any atom is 0.305 e. The van der Waals surface area contributed by atoms with Crippen molar-refractivity contribution >= 4 is 11.9 Å². The third kappa shape index (κ3) is 74.6. The van der Waals surface area contributed by atoms with Crippen molar-refractivity contribution in [1.82, 2.24) is 5.32 Å². The van der Waals surface area contributed by atoms with Gasteiger partial charge in [-0.2, -0.15) is 0 Å². The minimum atomic E-state index is -0.843. The molecule has 0 fully saturated rings. The van der Waals surface area contributed by atoms with Crippen molar-refractivity contribution in [2.45, 2.75) is 450 Å². The predicted molar refractivity (Wildman–Crippen MR) is 398 cm³/mol.